The van der Waals surface area contributed by atoms with Crippen molar-refractivity contribution in [3.05, 3.63) is 27.2 Å². The van der Waals surface area contributed by atoms with E-state index in [0.29, 0.717) is 18.9 Å². The Morgan fingerprint density at radius 1 is 1.30 bits per heavy atom. The average molecular weight is 309 g/mol. The molecule has 0 aromatic carbocycles. The molecule has 0 fully saturated rings. The highest BCUT2D eigenvalue weighted by Crippen LogP contribution is 2.22. The van der Waals surface area contributed by atoms with Crippen LogP contribution in [0.25, 0.3) is 0 Å². The summed E-state index contributed by atoms with van der Waals surface area (Å²) in [5.41, 5.74) is 1.81. The maximum atomic E-state index is 12.4. The van der Waals surface area contributed by atoms with Crippen LogP contribution in [0.5, 0.6) is 0 Å². The number of carbonyl (C=O) groups is 1. The van der Waals surface area contributed by atoms with Crippen LogP contribution in [-0.2, 0) is 11.2 Å². The Labute approximate surface area is 127 Å². The number of aryl methyl sites for hydroxylation is 1. The number of amides is 1. The minimum absolute atomic E-state index is 0.0578. The third kappa shape index (κ3) is 3.43. The standard InChI is InChI=1S/C14H19N3OS2/c1-5-17(14-15-10(4)7-20-14)12(18)6-11-8-19-13(16-11)9(2)3/h7-9H,5-6H2,1-4H3. The fraction of sp³-hybridized carbons (Fsp3) is 0.500. The summed E-state index contributed by atoms with van der Waals surface area (Å²) in [6.07, 6.45) is 0.343. The minimum Gasteiger partial charge on any atom is -0.288 e. The summed E-state index contributed by atoms with van der Waals surface area (Å²) in [4.78, 5) is 23.0. The molecule has 2 rings (SSSR count). The topological polar surface area (TPSA) is 46.1 Å². The van der Waals surface area contributed by atoms with Crippen LogP contribution in [0.4, 0.5) is 5.13 Å². The van der Waals surface area contributed by atoms with E-state index in [1.165, 1.54) is 11.3 Å². The van der Waals surface area contributed by atoms with Crippen LogP contribution in [-0.4, -0.2) is 22.4 Å². The molecule has 0 aliphatic carbocycles. The van der Waals surface area contributed by atoms with Gasteiger partial charge in [-0.25, -0.2) is 9.97 Å². The van der Waals surface area contributed by atoms with E-state index in [4.69, 9.17) is 0 Å². The third-order valence-corrected chi connectivity index (χ3v) is 5.03. The summed E-state index contributed by atoms with van der Waals surface area (Å²) >= 11 is 3.13. The van der Waals surface area contributed by atoms with Crippen LogP contribution in [0.3, 0.4) is 0 Å². The molecule has 0 spiro atoms. The first-order chi connectivity index (χ1) is 9.51. The first kappa shape index (κ1) is 15.1. The smallest absolute Gasteiger partial charge is 0.234 e. The van der Waals surface area contributed by atoms with Crippen LogP contribution in [0.2, 0.25) is 0 Å². The molecule has 2 heterocycles. The molecule has 0 bridgehead atoms. The lowest BCUT2D eigenvalue weighted by Gasteiger charge is -2.16. The highest BCUT2D eigenvalue weighted by atomic mass is 32.1. The van der Waals surface area contributed by atoms with Gasteiger partial charge >= 0.3 is 0 Å². The number of aromatic nitrogens is 2. The molecule has 0 aliphatic heterocycles. The Bertz CT molecular complexity index is 589. The Morgan fingerprint density at radius 3 is 2.55 bits per heavy atom. The summed E-state index contributed by atoms with van der Waals surface area (Å²) in [5, 5.41) is 5.80. The fourth-order valence-corrected chi connectivity index (χ4v) is 3.52. The van der Waals surface area contributed by atoms with Crippen LogP contribution in [0.15, 0.2) is 10.8 Å². The Kier molecular flexibility index (Phi) is 4.88. The van der Waals surface area contributed by atoms with Crippen molar-refractivity contribution in [2.45, 2.75) is 40.0 Å². The van der Waals surface area contributed by atoms with Crippen molar-refractivity contribution in [3.8, 4) is 0 Å². The molecule has 108 valence electrons. The maximum Gasteiger partial charge on any atom is 0.234 e. The monoisotopic (exact) mass is 309 g/mol. The molecule has 2 aromatic rings. The summed E-state index contributed by atoms with van der Waals surface area (Å²) in [6.45, 7) is 8.76. The molecule has 0 radical (unpaired) electrons. The van der Waals surface area contributed by atoms with Crippen molar-refractivity contribution in [2.24, 2.45) is 0 Å². The van der Waals surface area contributed by atoms with Crippen LogP contribution >= 0.6 is 22.7 Å². The molecule has 0 N–H and O–H groups in total. The summed E-state index contributed by atoms with van der Waals surface area (Å²) in [7, 11) is 0. The van der Waals surface area contributed by atoms with Gasteiger partial charge in [0.1, 0.15) is 0 Å². The normalized spacial score (nSPS) is 11.1. The molecular formula is C14H19N3OS2. The van der Waals surface area contributed by atoms with E-state index in [1.807, 2.05) is 24.6 Å². The van der Waals surface area contributed by atoms with Gasteiger partial charge in [-0.3, -0.25) is 9.69 Å². The zero-order chi connectivity index (χ0) is 14.7. The van der Waals surface area contributed by atoms with Gasteiger partial charge in [0.15, 0.2) is 5.13 Å². The number of hydrogen-bond acceptors (Lipinski definition) is 5. The Hall–Kier alpha value is -1.27. The van der Waals surface area contributed by atoms with Gasteiger partial charge in [-0.05, 0) is 13.8 Å². The van der Waals surface area contributed by atoms with E-state index in [1.54, 1.807) is 16.2 Å². The van der Waals surface area contributed by atoms with Crippen LogP contribution < -0.4 is 4.90 Å². The number of rotatable bonds is 5. The van der Waals surface area contributed by atoms with Gasteiger partial charge in [0.25, 0.3) is 0 Å². The van der Waals surface area contributed by atoms with Gasteiger partial charge in [0, 0.05) is 23.2 Å². The summed E-state index contributed by atoms with van der Waals surface area (Å²) < 4.78 is 0. The molecule has 0 unspecified atom stereocenters. The summed E-state index contributed by atoms with van der Waals surface area (Å²) in [5.74, 6) is 0.468. The highest BCUT2D eigenvalue weighted by Gasteiger charge is 2.18. The number of nitrogens with zero attached hydrogens (tertiary/aromatic N) is 3. The van der Waals surface area contributed by atoms with E-state index in [9.17, 15) is 4.79 Å². The van der Waals surface area contributed by atoms with Crippen molar-refractivity contribution in [3.63, 3.8) is 0 Å². The minimum atomic E-state index is 0.0578. The SMILES string of the molecule is CCN(C(=O)Cc1csc(C(C)C)n1)c1nc(C)cs1. The molecule has 0 aliphatic rings. The Morgan fingerprint density at radius 2 is 2.05 bits per heavy atom. The maximum absolute atomic E-state index is 12.4. The number of anilines is 1. The first-order valence-electron chi connectivity index (χ1n) is 6.68. The molecule has 20 heavy (non-hydrogen) atoms. The molecule has 1 amide bonds. The molecular weight excluding hydrogens is 290 g/mol. The van der Waals surface area contributed by atoms with Crippen molar-refractivity contribution in [2.75, 3.05) is 11.4 Å². The van der Waals surface area contributed by atoms with E-state index in [-0.39, 0.29) is 5.91 Å². The van der Waals surface area contributed by atoms with E-state index < -0.39 is 0 Å². The lowest BCUT2D eigenvalue weighted by molar-refractivity contribution is -0.118. The predicted molar refractivity (Wildman–Crippen MR) is 84.8 cm³/mol. The van der Waals surface area contributed by atoms with Crippen molar-refractivity contribution in [1.29, 1.82) is 0 Å². The second-order valence-corrected chi connectivity index (χ2v) is 6.64. The zero-order valence-corrected chi connectivity index (χ0v) is 13.8. The van der Waals surface area contributed by atoms with Crippen molar-refractivity contribution < 1.29 is 4.79 Å². The van der Waals surface area contributed by atoms with Crippen LogP contribution in [0.1, 0.15) is 43.1 Å². The largest absolute Gasteiger partial charge is 0.288 e. The van der Waals surface area contributed by atoms with Gasteiger partial charge in [0.2, 0.25) is 5.91 Å². The second kappa shape index (κ2) is 6.45. The summed E-state index contributed by atoms with van der Waals surface area (Å²) in [6, 6.07) is 0. The van der Waals surface area contributed by atoms with Crippen LogP contribution in [0, 0.1) is 6.92 Å². The number of carbonyl (C=O) groups excluding carboxylic acids is 1. The Balaban J connectivity index is 2.09. The number of hydrogen-bond donors (Lipinski definition) is 0. The van der Waals surface area contributed by atoms with E-state index in [2.05, 4.69) is 23.8 Å². The lowest BCUT2D eigenvalue weighted by Crippen LogP contribution is -2.32. The highest BCUT2D eigenvalue weighted by molar-refractivity contribution is 7.14. The molecule has 0 saturated carbocycles. The molecule has 6 heteroatoms. The van der Waals surface area contributed by atoms with E-state index in [0.717, 1.165) is 21.5 Å². The molecule has 4 nitrogen and oxygen atoms in total. The van der Waals surface area contributed by atoms with Gasteiger partial charge in [0.05, 0.1) is 22.8 Å². The lowest BCUT2D eigenvalue weighted by atomic mass is 10.2. The van der Waals surface area contributed by atoms with Crippen molar-refractivity contribution in [1.82, 2.24) is 9.97 Å². The molecule has 2 aromatic heterocycles. The first-order valence-corrected chi connectivity index (χ1v) is 8.44. The zero-order valence-electron chi connectivity index (χ0n) is 12.2. The molecule has 0 atom stereocenters. The third-order valence-electron chi connectivity index (χ3n) is 2.85. The number of likely N-dealkylation sites (N-methyl/N-ethyl adjacent to an activating group) is 1. The second-order valence-electron chi connectivity index (χ2n) is 4.92. The average Bonchev–Trinajstić information content (AvgIpc) is 3.00. The van der Waals surface area contributed by atoms with Gasteiger partial charge in [-0.1, -0.05) is 13.8 Å². The van der Waals surface area contributed by atoms with E-state index >= 15 is 0 Å². The number of thiazole rings is 2. The molecule has 0 saturated heterocycles. The van der Waals surface area contributed by atoms with Gasteiger partial charge in [-0.15, -0.1) is 22.7 Å². The van der Waals surface area contributed by atoms with Crippen molar-refractivity contribution >= 4 is 33.7 Å². The predicted octanol–water partition coefficient (Wildman–Crippen LogP) is 3.63. The van der Waals surface area contributed by atoms with Gasteiger partial charge in [-0.2, -0.15) is 0 Å². The fourth-order valence-electron chi connectivity index (χ4n) is 1.80. The van der Waals surface area contributed by atoms with Gasteiger partial charge < -0.3 is 0 Å². The quantitative estimate of drug-likeness (QED) is 0.847.